The molecule has 0 aliphatic heterocycles. The van der Waals surface area contributed by atoms with E-state index in [0.717, 1.165) is 10.9 Å². The van der Waals surface area contributed by atoms with Gasteiger partial charge in [0.25, 0.3) is 0 Å². The Morgan fingerprint density at radius 3 is 3.00 bits per heavy atom. The highest BCUT2D eigenvalue weighted by Crippen LogP contribution is 2.17. The molecule has 0 saturated heterocycles. The summed E-state index contributed by atoms with van der Waals surface area (Å²) in [6, 6.07) is 9.25. The van der Waals surface area contributed by atoms with Crippen molar-refractivity contribution in [1.82, 2.24) is 10.3 Å². The lowest BCUT2D eigenvalue weighted by Crippen LogP contribution is -2.36. The lowest BCUT2D eigenvalue weighted by molar-refractivity contribution is -0.133. The van der Waals surface area contributed by atoms with Crippen LogP contribution >= 0.6 is 0 Å². The van der Waals surface area contributed by atoms with Gasteiger partial charge < -0.3 is 15.8 Å². The number of fused-ring (bicyclic) bond motifs is 1. The van der Waals surface area contributed by atoms with Crippen molar-refractivity contribution in [3.63, 3.8) is 0 Å². The molecule has 0 saturated carbocycles. The summed E-state index contributed by atoms with van der Waals surface area (Å²) >= 11 is 0. The molecular weight excluding hydrogens is 232 g/mol. The van der Waals surface area contributed by atoms with Crippen molar-refractivity contribution in [3.05, 3.63) is 36.5 Å². The number of nitrogens with two attached hydrogens (primary N) is 1. The number of nitrogens with zero attached hydrogens (tertiary/aromatic N) is 1. The number of hydrogen-bond donors (Lipinski definition) is 3. The highest BCUT2D eigenvalue weighted by molar-refractivity contribution is 5.83. The van der Waals surface area contributed by atoms with Crippen LogP contribution in [0.2, 0.25) is 0 Å². The summed E-state index contributed by atoms with van der Waals surface area (Å²) < 4.78 is 5.06. The van der Waals surface area contributed by atoms with E-state index in [1.54, 1.807) is 6.07 Å². The van der Waals surface area contributed by atoms with Crippen LogP contribution in [0.4, 0.5) is 0 Å². The molecule has 4 N–H and O–H groups in total. The average molecular weight is 244 g/mol. The molecular formula is C12H12N4O2. The van der Waals surface area contributed by atoms with Gasteiger partial charge in [-0.25, -0.2) is 4.79 Å². The summed E-state index contributed by atoms with van der Waals surface area (Å²) in [5.74, 6) is -0.435. The Kier molecular flexibility index (Phi) is 3.38. The Balaban J connectivity index is 2.07. The molecule has 0 atom stereocenters. The van der Waals surface area contributed by atoms with Crippen molar-refractivity contribution in [2.75, 3.05) is 6.54 Å². The maximum absolute atomic E-state index is 11.4. The molecule has 6 nitrogen and oxygen atoms in total. The van der Waals surface area contributed by atoms with E-state index in [0.29, 0.717) is 5.75 Å². The van der Waals surface area contributed by atoms with Crippen molar-refractivity contribution >= 4 is 22.8 Å². The number of carbonyl (C=O) groups is 1. The molecule has 2 aromatic rings. The second-order valence-corrected chi connectivity index (χ2v) is 3.61. The van der Waals surface area contributed by atoms with Crippen LogP contribution < -0.4 is 15.8 Å². The summed E-state index contributed by atoms with van der Waals surface area (Å²) in [4.78, 5) is 15.6. The lowest BCUT2D eigenvalue weighted by atomic mass is 10.2. The number of carbonyl (C=O) groups excluding carboxylic acids is 1. The van der Waals surface area contributed by atoms with E-state index < -0.39 is 5.97 Å². The van der Waals surface area contributed by atoms with Crippen molar-refractivity contribution in [3.8, 4) is 5.75 Å². The van der Waals surface area contributed by atoms with Crippen LogP contribution in [0, 0.1) is 5.41 Å². The molecule has 0 aliphatic carbocycles. The summed E-state index contributed by atoms with van der Waals surface area (Å²) in [5.41, 5.74) is 5.89. The Bertz CT molecular complexity index is 597. The van der Waals surface area contributed by atoms with Crippen LogP contribution in [0.1, 0.15) is 0 Å². The Labute approximate surface area is 103 Å². The fourth-order valence-electron chi connectivity index (χ4n) is 1.44. The SMILES string of the molecule is N=C(N)NCC(=O)Oc1cnc2ccccc2c1. The molecule has 0 unspecified atom stereocenters. The molecule has 0 spiro atoms. The van der Waals surface area contributed by atoms with Gasteiger partial charge in [0, 0.05) is 5.39 Å². The fourth-order valence-corrected chi connectivity index (χ4v) is 1.44. The number of benzene rings is 1. The number of esters is 1. The quantitative estimate of drug-likeness (QED) is 0.417. The smallest absolute Gasteiger partial charge is 0.330 e. The van der Waals surface area contributed by atoms with Gasteiger partial charge in [0.1, 0.15) is 12.3 Å². The molecule has 1 heterocycles. The van der Waals surface area contributed by atoms with E-state index in [9.17, 15) is 4.79 Å². The van der Waals surface area contributed by atoms with E-state index in [4.69, 9.17) is 15.9 Å². The summed E-state index contributed by atoms with van der Waals surface area (Å²) in [5, 5.41) is 10.2. The molecule has 0 amide bonds. The molecule has 0 radical (unpaired) electrons. The van der Waals surface area contributed by atoms with Crippen molar-refractivity contribution in [2.45, 2.75) is 0 Å². The second-order valence-electron chi connectivity index (χ2n) is 3.61. The number of pyridine rings is 1. The van der Waals surface area contributed by atoms with Gasteiger partial charge in [-0.2, -0.15) is 0 Å². The van der Waals surface area contributed by atoms with Crippen molar-refractivity contribution in [2.24, 2.45) is 5.73 Å². The number of guanidine groups is 1. The summed E-state index contributed by atoms with van der Waals surface area (Å²) in [6.45, 7) is -0.151. The predicted molar refractivity (Wildman–Crippen MR) is 67.3 cm³/mol. The van der Waals surface area contributed by atoms with Gasteiger partial charge in [0.05, 0.1) is 11.7 Å². The van der Waals surface area contributed by atoms with Gasteiger partial charge in [-0.15, -0.1) is 0 Å². The largest absolute Gasteiger partial charge is 0.424 e. The normalized spacial score (nSPS) is 10.0. The first-order chi connectivity index (χ1) is 8.65. The molecule has 0 aliphatic rings. The van der Waals surface area contributed by atoms with Gasteiger partial charge >= 0.3 is 5.97 Å². The standard InChI is InChI=1S/C12H12N4O2/c13-12(14)16-7-11(17)18-9-5-8-3-1-2-4-10(8)15-6-9/h1-6H,7H2,(H4,13,14,16). The van der Waals surface area contributed by atoms with Crippen molar-refractivity contribution < 1.29 is 9.53 Å². The Morgan fingerprint density at radius 2 is 2.22 bits per heavy atom. The number of aromatic nitrogens is 1. The molecule has 2 rings (SSSR count). The van der Waals surface area contributed by atoms with Gasteiger partial charge in [-0.05, 0) is 12.1 Å². The zero-order valence-corrected chi connectivity index (χ0v) is 9.51. The molecule has 0 bridgehead atoms. The van der Waals surface area contributed by atoms with E-state index in [-0.39, 0.29) is 12.5 Å². The first-order valence-corrected chi connectivity index (χ1v) is 5.28. The predicted octanol–water partition coefficient (Wildman–Crippen LogP) is 0.623. The van der Waals surface area contributed by atoms with Crippen LogP contribution in [0.15, 0.2) is 36.5 Å². The molecule has 1 aromatic carbocycles. The highest BCUT2D eigenvalue weighted by atomic mass is 16.5. The maximum Gasteiger partial charge on any atom is 0.330 e. The number of hydrogen-bond acceptors (Lipinski definition) is 4. The van der Waals surface area contributed by atoms with E-state index in [2.05, 4.69) is 10.3 Å². The third kappa shape index (κ3) is 2.94. The third-order valence-corrected chi connectivity index (χ3v) is 2.22. The second kappa shape index (κ2) is 5.13. The summed E-state index contributed by atoms with van der Waals surface area (Å²) in [6.07, 6.45) is 1.48. The van der Waals surface area contributed by atoms with Crippen molar-refractivity contribution in [1.29, 1.82) is 5.41 Å². The molecule has 6 heteroatoms. The monoisotopic (exact) mass is 244 g/mol. The minimum atomic E-state index is -0.526. The van der Waals surface area contributed by atoms with Crippen LogP contribution in [0.5, 0.6) is 5.75 Å². The molecule has 18 heavy (non-hydrogen) atoms. The third-order valence-electron chi connectivity index (χ3n) is 2.22. The molecule has 92 valence electrons. The number of rotatable bonds is 3. The summed E-state index contributed by atoms with van der Waals surface area (Å²) in [7, 11) is 0. The first-order valence-electron chi connectivity index (χ1n) is 5.28. The number of ether oxygens (including phenoxy) is 1. The van der Waals surface area contributed by atoms with Gasteiger partial charge in [-0.1, -0.05) is 18.2 Å². The van der Waals surface area contributed by atoms with Crippen LogP contribution in [0.25, 0.3) is 10.9 Å². The van der Waals surface area contributed by atoms with E-state index >= 15 is 0 Å². The van der Waals surface area contributed by atoms with Crippen LogP contribution in [-0.2, 0) is 4.79 Å². The molecule has 0 fully saturated rings. The van der Waals surface area contributed by atoms with Crippen LogP contribution in [0.3, 0.4) is 0 Å². The van der Waals surface area contributed by atoms with Gasteiger partial charge in [-0.3, -0.25) is 10.4 Å². The lowest BCUT2D eigenvalue weighted by Gasteiger charge is -2.05. The van der Waals surface area contributed by atoms with E-state index in [1.165, 1.54) is 6.20 Å². The number of nitrogens with one attached hydrogen (secondary N) is 2. The first kappa shape index (κ1) is 11.8. The topological polar surface area (TPSA) is 101 Å². The highest BCUT2D eigenvalue weighted by Gasteiger charge is 2.05. The van der Waals surface area contributed by atoms with E-state index in [1.807, 2.05) is 24.3 Å². The fraction of sp³-hybridized carbons (Fsp3) is 0.0833. The van der Waals surface area contributed by atoms with Gasteiger partial charge in [0.15, 0.2) is 5.96 Å². The number of para-hydroxylation sites is 1. The Hall–Kier alpha value is -2.63. The zero-order chi connectivity index (χ0) is 13.0. The minimum Gasteiger partial charge on any atom is -0.424 e. The molecule has 1 aromatic heterocycles. The van der Waals surface area contributed by atoms with Gasteiger partial charge in [0.2, 0.25) is 0 Å². The average Bonchev–Trinajstić information content (AvgIpc) is 2.36. The maximum atomic E-state index is 11.4. The Morgan fingerprint density at radius 1 is 1.44 bits per heavy atom. The zero-order valence-electron chi connectivity index (χ0n) is 9.51. The minimum absolute atomic E-state index is 0.151. The van der Waals surface area contributed by atoms with Crippen LogP contribution in [-0.4, -0.2) is 23.5 Å².